The van der Waals surface area contributed by atoms with Crippen LogP contribution in [0.2, 0.25) is 0 Å². The molecule has 5 nitrogen and oxygen atoms in total. The number of nitrogens with one attached hydrogen (secondary N) is 2. The maximum absolute atomic E-state index is 12.7. The summed E-state index contributed by atoms with van der Waals surface area (Å²) in [6.07, 6.45) is 2.77. The Morgan fingerprint density at radius 1 is 1.20 bits per heavy atom. The molecule has 0 atom stereocenters. The lowest BCUT2D eigenvalue weighted by molar-refractivity contribution is 0.621. The fourth-order valence-corrected chi connectivity index (χ4v) is 1.72. The number of pyridine rings is 2. The third-order valence-corrected chi connectivity index (χ3v) is 2.73. The van der Waals surface area contributed by atoms with Crippen LogP contribution in [0, 0.1) is 24.1 Å². The van der Waals surface area contributed by atoms with E-state index >= 15 is 0 Å². The molecule has 0 spiro atoms. The van der Waals surface area contributed by atoms with Gasteiger partial charge in [0.1, 0.15) is 17.7 Å². The van der Waals surface area contributed by atoms with E-state index in [1.165, 1.54) is 6.07 Å². The standard InChI is InChI=1S/C14H14FN5/c1-10-4-5-17-12(8-16)14(10)19-7-6-18-13-3-2-11(15)9-20-13/h2-5,9,19H,6-7H2,1H3,(H,18,20). The zero-order chi connectivity index (χ0) is 14.4. The van der Waals surface area contributed by atoms with Gasteiger partial charge in [-0.05, 0) is 30.7 Å². The largest absolute Gasteiger partial charge is 0.381 e. The van der Waals surface area contributed by atoms with Crippen LogP contribution in [0.3, 0.4) is 0 Å². The van der Waals surface area contributed by atoms with Crippen LogP contribution in [0.15, 0.2) is 30.6 Å². The van der Waals surface area contributed by atoms with E-state index in [1.54, 1.807) is 12.3 Å². The molecule has 102 valence electrons. The molecule has 0 saturated heterocycles. The van der Waals surface area contributed by atoms with Gasteiger partial charge in [0.15, 0.2) is 5.69 Å². The van der Waals surface area contributed by atoms with E-state index in [-0.39, 0.29) is 5.82 Å². The molecule has 0 aliphatic carbocycles. The van der Waals surface area contributed by atoms with Crippen LogP contribution < -0.4 is 10.6 Å². The maximum atomic E-state index is 12.7. The first-order chi connectivity index (χ1) is 9.70. The number of halogens is 1. The topological polar surface area (TPSA) is 73.6 Å². The Balaban J connectivity index is 1.88. The Kier molecular flexibility index (Phi) is 4.45. The minimum atomic E-state index is -0.363. The smallest absolute Gasteiger partial charge is 0.163 e. The average Bonchev–Trinajstić information content (AvgIpc) is 2.46. The van der Waals surface area contributed by atoms with Gasteiger partial charge in [-0.1, -0.05) is 0 Å². The molecular formula is C14H14FN5. The van der Waals surface area contributed by atoms with E-state index < -0.39 is 0 Å². The molecule has 0 radical (unpaired) electrons. The monoisotopic (exact) mass is 271 g/mol. The van der Waals surface area contributed by atoms with Gasteiger partial charge in [0.25, 0.3) is 0 Å². The predicted octanol–water partition coefficient (Wildman–Crippen LogP) is 2.32. The number of nitriles is 1. The van der Waals surface area contributed by atoms with Gasteiger partial charge >= 0.3 is 0 Å². The minimum absolute atomic E-state index is 0.363. The highest BCUT2D eigenvalue weighted by Crippen LogP contribution is 2.16. The fraction of sp³-hybridized carbons (Fsp3) is 0.214. The highest BCUT2D eigenvalue weighted by atomic mass is 19.1. The van der Waals surface area contributed by atoms with Gasteiger partial charge < -0.3 is 10.6 Å². The van der Waals surface area contributed by atoms with Crippen molar-refractivity contribution < 1.29 is 4.39 Å². The third-order valence-electron chi connectivity index (χ3n) is 2.73. The van der Waals surface area contributed by atoms with Gasteiger partial charge in [-0.15, -0.1) is 0 Å². The summed E-state index contributed by atoms with van der Waals surface area (Å²) in [5.74, 6) is 0.245. The van der Waals surface area contributed by atoms with Crippen LogP contribution in [-0.2, 0) is 0 Å². The van der Waals surface area contributed by atoms with Crippen LogP contribution >= 0.6 is 0 Å². The lowest BCUT2D eigenvalue weighted by Crippen LogP contribution is -2.15. The molecule has 0 aliphatic heterocycles. The zero-order valence-electron chi connectivity index (χ0n) is 11.0. The molecule has 6 heteroatoms. The first kappa shape index (κ1) is 13.7. The van der Waals surface area contributed by atoms with Crippen molar-refractivity contribution in [1.82, 2.24) is 9.97 Å². The average molecular weight is 271 g/mol. The van der Waals surface area contributed by atoms with Crippen molar-refractivity contribution in [2.45, 2.75) is 6.92 Å². The molecule has 0 bridgehead atoms. The Labute approximate surface area is 116 Å². The molecule has 2 N–H and O–H groups in total. The van der Waals surface area contributed by atoms with E-state index in [4.69, 9.17) is 5.26 Å². The summed E-state index contributed by atoms with van der Waals surface area (Å²) in [4.78, 5) is 7.90. The van der Waals surface area contributed by atoms with E-state index in [0.29, 0.717) is 24.6 Å². The predicted molar refractivity (Wildman–Crippen MR) is 74.9 cm³/mol. The third kappa shape index (κ3) is 3.42. The first-order valence-electron chi connectivity index (χ1n) is 6.15. The van der Waals surface area contributed by atoms with Crippen molar-refractivity contribution in [3.8, 4) is 6.07 Å². The Morgan fingerprint density at radius 3 is 2.70 bits per heavy atom. The number of aromatic nitrogens is 2. The molecule has 2 aromatic heterocycles. The summed E-state index contributed by atoms with van der Waals surface area (Å²) in [6, 6.07) is 6.82. The molecule has 20 heavy (non-hydrogen) atoms. The molecule has 0 aliphatic rings. The Hall–Kier alpha value is -2.68. The number of hydrogen-bond acceptors (Lipinski definition) is 5. The summed E-state index contributed by atoms with van der Waals surface area (Å²) < 4.78 is 12.7. The number of nitrogens with zero attached hydrogens (tertiary/aromatic N) is 3. The number of aryl methyl sites for hydroxylation is 1. The van der Waals surface area contributed by atoms with Crippen LogP contribution in [0.5, 0.6) is 0 Å². The lowest BCUT2D eigenvalue weighted by Gasteiger charge is -2.11. The maximum Gasteiger partial charge on any atom is 0.163 e. The number of rotatable bonds is 5. The van der Waals surface area contributed by atoms with Gasteiger partial charge in [0.05, 0.1) is 11.9 Å². The van der Waals surface area contributed by atoms with Gasteiger partial charge in [0.2, 0.25) is 0 Å². The van der Waals surface area contributed by atoms with Crippen molar-refractivity contribution in [1.29, 1.82) is 5.26 Å². The quantitative estimate of drug-likeness (QED) is 0.816. The van der Waals surface area contributed by atoms with Crippen molar-refractivity contribution in [3.05, 3.63) is 47.7 Å². The first-order valence-corrected chi connectivity index (χ1v) is 6.15. The summed E-state index contributed by atoms with van der Waals surface area (Å²) in [5.41, 5.74) is 2.09. The molecule has 2 aromatic rings. The number of hydrogen-bond donors (Lipinski definition) is 2. The molecular weight excluding hydrogens is 257 g/mol. The normalized spacial score (nSPS) is 9.85. The van der Waals surface area contributed by atoms with Gasteiger partial charge in [-0.3, -0.25) is 0 Å². The molecule has 0 aromatic carbocycles. The molecule has 0 saturated carbocycles. The summed E-state index contributed by atoms with van der Waals surface area (Å²) in [6.45, 7) is 3.11. The van der Waals surface area contributed by atoms with Crippen LogP contribution in [0.25, 0.3) is 0 Å². The highest BCUT2D eigenvalue weighted by molar-refractivity contribution is 5.58. The molecule has 0 amide bonds. The molecule has 0 unspecified atom stereocenters. The van der Waals surface area contributed by atoms with Crippen LogP contribution in [-0.4, -0.2) is 23.1 Å². The zero-order valence-corrected chi connectivity index (χ0v) is 11.0. The van der Waals surface area contributed by atoms with Crippen molar-refractivity contribution in [3.63, 3.8) is 0 Å². The van der Waals surface area contributed by atoms with Gasteiger partial charge in [-0.2, -0.15) is 5.26 Å². The molecule has 0 fully saturated rings. The summed E-state index contributed by atoms with van der Waals surface area (Å²) >= 11 is 0. The van der Waals surface area contributed by atoms with Crippen molar-refractivity contribution in [2.24, 2.45) is 0 Å². The van der Waals surface area contributed by atoms with Crippen LogP contribution in [0.4, 0.5) is 15.9 Å². The summed E-state index contributed by atoms with van der Waals surface area (Å²) in [5, 5.41) is 15.2. The fourth-order valence-electron chi connectivity index (χ4n) is 1.72. The van der Waals surface area contributed by atoms with Gasteiger partial charge in [0, 0.05) is 19.3 Å². The number of anilines is 2. The van der Waals surface area contributed by atoms with Gasteiger partial charge in [-0.25, -0.2) is 14.4 Å². The van der Waals surface area contributed by atoms with E-state index in [0.717, 1.165) is 17.4 Å². The molecule has 2 rings (SSSR count). The Bertz CT molecular complexity index is 618. The molecule has 2 heterocycles. The van der Waals surface area contributed by atoms with Crippen molar-refractivity contribution in [2.75, 3.05) is 23.7 Å². The SMILES string of the molecule is Cc1ccnc(C#N)c1NCCNc1ccc(F)cn1. The van der Waals surface area contributed by atoms with Crippen LogP contribution in [0.1, 0.15) is 11.3 Å². The second-order valence-electron chi connectivity index (χ2n) is 4.18. The van der Waals surface area contributed by atoms with E-state index in [2.05, 4.69) is 26.7 Å². The second kappa shape index (κ2) is 6.48. The van der Waals surface area contributed by atoms with E-state index in [1.807, 2.05) is 13.0 Å². The lowest BCUT2D eigenvalue weighted by atomic mass is 10.2. The van der Waals surface area contributed by atoms with E-state index in [9.17, 15) is 4.39 Å². The van der Waals surface area contributed by atoms with Crippen molar-refractivity contribution >= 4 is 11.5 Å². The second-order valence-corrected chi connectivity index (χ2v) is 4.18. The minimum Gasteiger partial charge on any atom is -0.381 e. The highest BCUT2D eigenvalue weighted by Gasteiger charge is 2.05. The Morgan fingerprint density at radius 2 is 2.00 bits per heavy atom. The summed E-state index contributed by atoms with van der Waals surface area (Å²) in [7, 11) is 0.